The highest BCUT2D eigenvalue weighted by Crippen LogP contribution is 2.33. The maximum absolute atomic E-state index is 12.0. The molecule has 24 heavy (non-hydrogen) atoms. The first-order chi connectivity index (χ1) is 11.7. The summed E-state index contributed by atoms with van der Waals surface area (Å²) in [6.07, 6.45) is 0.911. The van der Waals surface area contributed by atoms with E-state index in [4.69, 9.17) is 4.42 Å². The molecule has 0 spiro atoms. The zero-order valence-corrected chi connectivity index (χ0v) is 13.6. The van der Waals surface area contributed by atoms with Crippen LogP contribution < -0.4 is 9.80 Å². The lowest BCUT2D eigenvalue weighted by Crippen LogP contribution is -2.28. The van der Waals surface area contributed by atoms with Crippen LogP contribution in [0.4, 0.5) is 11.4 Å². The highest BCUT2D eigenvalue weighted by molar-refractivity contribution is 5.95. The van der Waals surface area contributed by atoms with Crippen LogP contribution in [0.2, 0.25) is 0 Å². The fourth-order valence-corrected chi connectivity index (χ4v) is 3.26. The Bertz CT molecular complexity index is 854. The van der Waals surface area contributed by atoms with Crippen molar-refractivity contribution in [2.24, 2.45) is 0 Å². The number of oxazole rings is 1. The molecule has 4 rings (SSSR count). The van der Waals surface area contributed by atoms with E-state index in [1.54, 1.807) is 6.92 Å². The minimum absolute atomic E-state index is 0.0752. The molecule has 0 N–H and O–H groups in total. The van der Waals surface area contributed by atoms with E-state index in [0.717, 1.165) is 42.0 Å². The summed E-state index contributed by atoms with van der Waals surface area (Å²) in [5.41, 5.74) is 3.69. The van der Waals surface area contributed by atoms with Crippen LogP contribution in [0.15, 0.2) is 52.9 Å². The molecule has 122 valence electrons. The normalized spacial score (nSPS) is 14.5. The van der Waals surface area contributed by atoms with Crippen LogP contribution in [0.1, 0.15) is 19.2 Å². The Morgan fingerprint density at radius 1 is 1.08 bits per heavy atom. The Balaban J connectivity index is 1.69. The Labute approximate surface area is 140 Å². The van der Waals surface area contributed by atoms with Gasteiger partial charge in [-0.15, -0.1) is 0 Å². The number of anilines is 2. The molecule has 1 aliphatic rings. The van der Waals surface area contributed by atoms with Crippen molar-refractivity contribution >= 4 is 28.4 Å². The number of nitrogens with zero attached hydrogens (tertiary/aromatic N) is 3. The third-order valence-electron chi connectivity index (χ3n) is 4.37. The van der Waals surface area contributed by atoms with Gasteiger partial charge in [0.2, 0.25) is 11.8 Å². The second-order valence-electron chi connectivity index (χ2n) is 6.01. The van der Waals surface area contributed by atoms with E-state index in [0.29, 0.717) is 12.4 Å². The highest BCUT2D eigenvalue weighted by atomic mass is 16.3. The van der Waals surface area contributed by atoms with E-state index < -0.39 is 0 Å². The quantitative estimate of drug-likeness (QED) is 0.724. The molecular formula is C19H19N3O2. The van der Waals surface area contributed by atoms with Gasteiger partial charge in [0.25, 0.3) is 0 Å². The average molecular weight is 321 g/mol. The van der Waals surface area contributed by atoms with Crippen molar-refractivity contribution in [3.8, 4) is 0 Å². The topological polar surface area (TPSA) is 49.6 Å². The van der Waals surface area contributed by atoms with Gasteiger partial charge in [0.15, 0.2) is 5.58 Å². The molecule has 5 heteroatoms. The Kier molecular flexibility index (Phi) is 3.69. The van der Waals surface area contributed by atoms with Gasteiger partial charge in [-0.05, 0) is 30.7 Å². The number of carbonyl (C=O) groups is 1. The fraction of sp³-hybridized carbons (Fsp3) is 0.263. The molecule has 0 fully saturated rings. The fourth-order valence-electron chi connectivity index (χ4n) is 3.26. The van der Waals surface area contributed by atoms with E-state index in [-0.39, 0.29) is 5.91 Å². The van der Waals surface area contributed by atoms with Crippen molar-refractivity contribution in [2.75, 3.05) is 22.9 Å². The molecule has 0 radical (unpaired) electrons. The number of benzene rings is 2. The predicted octanol–water partition coefficient (Wildman–Crippen LogP) is 3.59. The number of amides is 1. The summed E-state index contributed by atoms with van der Waals surface area (Å²) in [7, 11) is 0. The van der Waals surface area contributed by atoms with Gasteiger partial charge in [-0.2, -0.15) is 0 Å². The number of fused-ring (bicyclic) bond motifs is 2. The lowest BCUT2D eigenvalue weighted by Gasteiger charge is -2.25. The van der Waals surface area contributed by atoms with Crippen LogP contribution in [0.25, 0.3) is 11.1 Å². The minimum atomic E-state index is 0.0752. The van der Waals surface area contributed by atoms with E-state index >= 15 is 0 Å². The highest BCUT2D eigenvalue weighted by Gasteiger charge is 2.23. The van der Waals surface area contributed by atoms with E-state index in [1.165, 1.54) is 0 Å². The molecule has 0 unspecified atom stereocenters. The number of aromatic nitrogens is 1. The zero-order chi connectivity index (χ0) is 16.5. The van der Waals surface area contributed by atoms with Gasteiger partial charge in [0, 0.05) is 20.0 Å². The molecule has 0 atom stereocenters. The Morgan fingerprint density at radius 2 is 1.83 bits per heavy atom. The van der Waals surface area contributed by atoms with Crippen LogP contribution in [0.3, 0.4) is 0 Å². The van der Waals surface area contributed by atoms with Crippen molar-refractivity contribution in [3.05, 3.63) is 54.4 Å². The average Bonchev–Trinajstić information content (AvgIpc) is 2.90. The molecule has 5 nitrogen and oxygen atoms in total. The summed E-state index contributed by atoms with van der Waals surface area (Å²) in [5.74, 6) is 0.772. The van der Waals surface area contributed by atoms with E-state index in [2.05, 4.69) is 16.0 Å². The van der Waals surface area contributed by atoms with Crippen molar-refractivity contribution in [3.63, 3.8) is 0 Å². The number of hydrogen-bond donors (Lipinski definition) is 0. The standard InChI is InChI=1S/C19H19N3O2/c1-14(23)22-12-6-11-21(16-8-3-4-9-17(16)22)13-19-20-15-7-2-5-10-18(15)24-19/h2-5,7-10H,6,11-13H2,1H3. The van der Waals surface area contributed by atoms with Gasteiger partial charge >= 0.3 is 0 Å². The van der Waals surface area contributed by atoms with Crippen LogP contribution in [0, 0.1) is 0 Å². The molecule has 1 aliphatic heterocycles. The third-order valence-corrected chi connectivity index (χ3v) is 4.37. The number of hydrogen-bond acceptors (Lipinski definition) is 4. The van der Waals surface area contributed by atoms with Crippen LogP contribution in [-0.2, 0) is 11.3 Å². The SMILES string of the molecule is CC(=O)N1CCCN(Cc2nc3ccccc3o2)c2ccccc21. The second kappa shape index (κ2) is 6.00. The van der Waals surface area contributed by atoms with Gasteiger partial charge in [-0.1, -0.05) is 24.3 Å². The van der Waals surface area contributed by atoms with Gasteiger partial charge in [-0.25, -0.2) is 4.98 Å². The van der Waals surface area contributed by atoms with Gasteiger partial charge in [0.05, 0.1) is 17.9 Å². The summed E-state index contributed by atoms with van der Waals surface area (Å²) in [6.45, 7) is 3.81. The van der Waals surface area contributed by atoms with Gasteiger partial charge < -0.3 is 14.2 Å². The second-order valence-corrected chi connectivity index (χ2v) is 6.01. The predicted molar refractivity (Wildman–Crippen MR) is 94.1 cm³/mol. The molecule has 0 saturated heterocycles. The molecule has 2 heterocycles. The maximum atomic E-state index is 12.0. The first kappa shape index (κ1) is 14.8. The van der Waals surface area contributed by atoms with Crippen LogP contribution >= 0.6 is 0 Å². The first-order valence-electron chi connectivity index (χ1n) is 8.19. The Hall–Kier alpha value is -2.82. The first-order valence-corrected chi connectivity index (χ1v) is 8.19. The minimum Gasteiger partial charge on any atom is -0.439 e. The molecule has 1 amide bonds. The molecule has 0 bridgehead atoms. The Morgan fingerprint density at radius 3 is 2.62 bits per heavy atom. The molecule has 0 aliphatic carbocycles. The molecule has 0 saturated carbocycles. The number of rotatable bonds is 2. The maximum Gasteiger partial charge on any atom is 0.223 e. The summed E-state index contributed by atoms with van der Waals surface area (Å²) < 4.78 is 5.87. The van der Waals surface area contributed by atoms with Crippen molar-refractivity contribution < 1.29 is 9.21 Å². The number of para-hydroxylation sites is 4. The van der Waals surface area contributed by atoms with Crippen molar-refractivity contribution in [1.29, 1.82) is 0 Å². The van der Waals surface area contributed by atoms with Crippen LogP contribution in [-0.4, -0.2) is 24.0 Å². The van der Waals surface area contributed by atoms with Crippen molar-refractivity contribution in [1.82, 2.24) is 4.98 Å². The summed E-state index contributed by atoms with van der Waals surface area (Å²) in [6, 6.07) is 15.8. The van der Waals surface area contributed by atoms with Crippen molar-refractivity contribution in [2.45, 2.75) is 19.9 Å². The molecule has 1 aromatic heterocycles. The lowest BCUT2D eigenvalue weighted by molar-refractivity contribution is -0.116. The van der Waals surface area contributed by atoms with E-state index in [9.17, 15) is 4.79 Å². The summed E-state index contributed by atoms with van der Waals surface area (Å²) in [5, 5.41) is 0. The smallest absolute Gasteiger partial charge is 0.223 e. The molecule has 3 aromatic rings. The summed E-state index contributed by atoms with van der Waals surface area (Å²) >= 11 is 0. The monoisotopic (exact) mass is 321 g/mol. The summed E-state index contributed by atoms with van der Waals surface area (Å²) in [4.78, 5) is 20.6. The third kappa shape index (κ3) is 2.62. The largest absolute Gasteiger partial charge is 0.439 e. The van der Waals surface area contributed by atoms with Crippen LogP contribution in [0.5, 0.6) is 0 Å². The zero-order valence-electron chi connectivity index (χ0n) is 13.6. The number of carbonyl (C=O) groups excluding carboxylic acids is 1. The van der Waals surface area contributed by atoms with Gasteiger partial charge in [-0.3, -0.25) is 4.79 Å². The molecule has 2 aromatic carbocycles. The van der Waals surface area contributed by atoms with E-state index in [1.807, 2.05) is 47.4 Å². The van der Waals surface area contributed by atoms with Gasteiger partial charge in [0.1, 0.15) is 5.52 Å². The molecular weight excluding hydrogens is 302 g/mol. The lowest BCUT2D eigenvalue weighted by atomic mass is 10.2.